The first-order valence-corrected chi connectivity index (χ1v) is 12.3. The number of nitrogens with zero attached hydrogens (tertiary/aromatic N) is 3. The second kappa shape index (κ2) is 13.0. The summed E-state index contributed by atoms with van der Waals surface area (Å²) in [6.07, 6.45) is 7.55. The lowest BCUT2D eigenvalue weighted by Crippen LogP contribution is -2.48. The Morgan fingerprint density at radius 1 is 0.967 bits per heavy atom. The highest BCUT2D eigenvalue weighted by Gasteiger charge is 2.20. The second-order valence-electron chi connectivity index (χ2n) is 9.17. The SMILES string of the molecule is CCNC(=NCCCCN1CCC(C)CC1)NC1CCN(Cc2ccccc2)CC1. The van der Waals surface area contributed by atoms with Gasteiger partial charge in [0.15, 0.2) is 5.96 Å². The molecular weight excluding hydrogens is 370 g/mol. The highest BCUT2D eigenvalue weighted by Crippen LogP contribution is 2.16. The predicted molar refractivity (Wildman–Crippen MR) is 128 cm³/mol. The number of rotatable bonds is 9. The van der Waals surface area contributed by atoms with Gasteiger partial charge < -0.3 is 15.5 Å². The first-order valence-electron chi connectivity index (χ1n) is 12.3. The molecule has 2 aliphatic rings. The molecule has 0 unspecified atom stereocenters. The fourth-order valence-electron chi connectivity index (χ4n) is 4.51. The Balaban J connectivity index is 1.32. The lowest BCUT2D eigenvalue weighted by Gasteiger charge is -2.33. The van der Waals surface area contributed by atoms with E-state index in [1.54, 1.807) is 0 Å². The maximum atomic E-state index is 4.85. The van der Waals surface area contributed by atoms with Crippen LogP contribution in [0.15, 0.2) is 35.3 Å². The van der Waals surface area contributed by atoms with Gasteiger partial charge in [0.05, 0.1) is 0 Å². The van der Waals surface area contributed by atoms with Crippen molar-refractivity contribution in [3.63, 3.8) is 0 Å². The second-order valence-corrected chi connectivity index (χ2v) is 9.17. The smallest absolute Gasteiger partial charge is 0.191 e. The largest absolute Gasteiger partial charge is 0.357 e. The van der Waals surface area contributed by atoms with E-state index in [9.17, 15) is 0 Å². The number of aliphatic imine (C=N–C) groups is 1. The summed E-state index contributed by atoms with van der Waals surface area (Å²) in [6, 6.07) is 11.4. The average Bonchev–Trinajstić information content (AvgIpc) is 2.77. The molecular formula is C25H43N5. The normalized spacial score (nSPS) is 20.4. The van der Waals surface area contributed by atoms with Crippen LogP contribution in [0, 0.1) is 5.92 Å². The molecule has 2 saturated heterocycles. The summed E-state index contributed by atoms with van der Waals surface area (Å²) < 4.78 is 0. The molecule has 1 aromatic rings. The Hall–Kier alpha value is -1.59. The van der Waals surface area contributed by atoms with Crippen LogP contribution < -0.4 is 10.6 Å². The third-order valence-corrected chi connectivity index (χ3v) is 6.55. The molecule has 1 aromatic carbocycles. The van der Waals surface area contributed by atoms with E-state index in [0.717, 1.165) is 44.6 Å². The van der Waals surface area contributed by atoms with E-state index >= 15 is 0 Å². The minimum atomic E-state index is 0.533. The van der Waals surface area contributed by atoms with Crippen molar-refractivity contribution in [3.8, 4) is 0 Å². The number of hydrogen-bond donors (Lipinski definition) is 2. The highest BCUT2D eigenvalue weighted by atomic mass is 15.2. The Morgan fingerprint density at radius 3 is 2.37 bits per heavy atom. The van der Waals surface area contributed by atoms with Gasteiger partial charge in [-0.15, -0.1) is 0 Å². The first kappa shape index (κ1) is 23.1. The van der Waals surface area contributed by atoms with E-state index in [0.29, 0.717) is 6.04 Å². The van der Waals surface area contributed by atoms with E-state index in [2.05, 4.69) is 64.6 Å². The molecule has 0 aromatic heterocycles. The summed E-state index contributed by atoms with van der Waals surface area (Å²) in [5, 5.41) is 7.13. The van der Waals surface area contributed by atoms with Crippen LogP contribution in [-0.4, -0.2) is 67.6 Å². The van der Waals surface area contributed by atoms with Gasteiger partial charge in [-0.25, -0.2) is 0 Å². The predicted octanol–water partition coefficient (Wildman–Crippen LogP) is 3.72. The number of unbranched alkanes of at least 4 members (excludes halogenated alkanes) is 1. The Bertz CT molecular complexity index is 601. The molecule has 2 heterocycles. The molecule has 3 rings (SSSR count). The van der Waals surface area contributed by atoms with Crippen LogP contribution in [0.1, 0.15) is 57.9 Å². The summed E-state index contributed by atoms with van der Waals surface area (Å²) in [6.45, 7) is 13.6. The van der Waals surface area contributed by atoms with Gasteiger partial charge in [0.25, 0.3) is 0 Å². The molecule has 30 heavy (non-hydrogen) atoms. The van der Waals surface area contributed by atoms with Crippen molar-refractivity contribution in [1.29, 1.82) is 0 Å². The molecule has 0 saturated carbocycles. The zero-order valence-corrected chi connectivity index (χ0v) is 19.3. The molecule has 0 bridgehead atoms. The number of likely N-dealkylation sites (tertiary alicyclic amines) is 2. The number of hydrogen-bond acceptors (Lipinski definition) is 3. The molecule has 2 aliphatic heterocycles. The summed E-state index contributed by atoms with van der Waals surface area (Å²) in [5.41, 5.74) is 1.41. The highest BCUT2D eigenvalue weighted by molar-refractivity contribution is 5.80. The summed E-state index contributed by atoms with van der Waals surface area (Å²) in [5.74, 6) is 1.93. The lowest BCUT2D eigenvalue weighted by atomic mass is 9.99. The van der Waals surface area contributed by atoms with Crippen molar-refractivity contribution < 1.29 is 0 Å². The topological polar surface area (TPSA) is 42.9 Å². The standard InChI is InChI=1S/C25H43N5/c1-3-26-25(27-15-7-8-16-29-17-11-22(2)12-18-29)28-24-13-19-30(20-14-24)21-23-9-5-4-6-10-23/h4-6,9-10,22,24H,3,7-8,11-21H2,1-2H3,(H2,26,27,28). The summed E-state index contributed by atoms with van der Waals surface area (Å²) >= 11 is 0. The van der Waals surface area contributed by atoms with Gasteiger partial charge in [-0.1, -0.05) is 37.3 Å². The van der Waals surface area contributed by atoms with Crippen LogP contribution in [0.2, 0.25) is 0 Å². The van der Waals surface area contributed by atoms with Gasteiger partial charge in [0.2, 0.25) is 0 Å². The third-order valence-electron chi connectivity index (χ3n) is 6.55. The summed E-state index contributed by atoms with van der Waals surface area (Å²) in [7, 11) is 0. The first-order chi connectivity index (χ1) is 14.7. The molecule has 2 fully saturated rings. The van der Waals surface area contributed by atoms with Gasteiger partial charge in [0, 0.05) is 38.8 Å². The van der Waals surface area contributed by atoms with E-state index in [1.807, 2.05) is 0 Å². The lowest BCUT2D eigenvalue weighted by molar-refractivity contribution is 0.190. The molecule has 5 nitrogen and oxygen atoms in total. The molecule has 5 heteroatoms. The molecule has 2 N–H and O–H groups in total. The molecule has 0 radical (unpaired) electrons. The van der Waals surface area contributed by atoms with Gasteiger partial charge in [0.1, 0.15) is 0 Å². The van der Waals surface area contributed by atoms with Crippen LogP contribution in [0.3, 0.4) is 0 Å². The van der Waals surface area contributed by atoms with Crippen molar-refractivity contribution >= 4 is 5.96 Å². The van der Waals surface area contributed by atoms with Crippen LogP contribution in [-0.2, 0) is 6.54 Å². The van der Waals surface area contributed by atoms with Gasteiger partial charge in [-0.2, -0.15) is 0 Å². The Labute approximate surface area is 184 Å². The molecule has 168 valence electrons. The monoisotopic (exact) mass is 413 g/mol. The maximum absolute atomic E-state index is 4.85. The van der Waals surface area contributed by atoms with Crippen LogP contribution in [0.4, 0.5) is 0 Å². The third kappa shape index (κ3) is 8.27. The number of piperidine rings is 2. The zero-order valence-electron chi connectivity index (χ0n) is 19.3. The zero-order chi connectivity index (χ0) is 21.0. The minimum absolute atomic E-state index is 0.533. The Morgan fingerprint density at radius 2 is 1.67 bits per heavy atom. The van der Waals surface area contributed by atoms with E-state index < -0.39 is 0 Å². The molecule has 0 atom stereocenters. The molecule has 0 aliphatic carbocycles. The van der Waals surface area contributed by atoms with E-state index in [4.69, 9.17) is 4.99 Å². The number of nitrogens with one attached hydrogen (secondary N) is 2. The quantitative estimate of drug-likeness (QED) is 0.368. The fourth-order valence-corrected chi connectivity index (χ4v) is 4.51. The van der Waals surface area contributed by atoms with Crippen LogP contribution in [0.25, 0.3) is 0 Å². The van der Waals surface area contributed by atoms with Gasteiger partial charge in [-0.05, 0) is 76.6 Å². The van der Waals surface area contributed by atoms with Crippen molar-refractivity contribution in [2.45, 2.75) is 65.0 Å². The van der Waals surface area contributed by atoms with Crippen molar-refractivity contribution in [3.05, 3.63) is 35.9 Å². The van der Waals surface area contributed by atoms with E-state index in [-0.39, 0.29) is 0 Å². The minimum Gasteiger partial charge on any atom is -0.357 e. The summed E-state index contributed by atoms with van der Waals surface area (Å²) in [4.78, 5) is 10.1. The van der Waals surface area contributed by atoms with Gasteiger partial charge >= 0.3 is 0 Å². The van der Waals surface area contributed by atoms with Crippen molar-refractivity contribution in [2.75, 3.05) is 45.8 Å². The van der Waals surface area contributed by atoms with E-state index in [1.165, 1.54) is 63.7 Å². The maximum Gasteiger partial charge on any atom is 0.191 e. The molecule has 0 amide bonds. The van der Waals surface area contributed by atoms with Crippen molar-refractivity contribution in [2.24, 2.45) is 10.9 Å². The molecule has 0 spiro atoms. The van der Waals surface area contributed by atoms with Crippen LogP contribution >= 0.6 is 0 Å². The number of guanidine groups is 1. The fraction of sp³-hybridized carbons (Fsp3) is 0.720. The van der Waals surface area contributed by atoms with Crippen molar-refractivity contribution in [1.82, 2.24) is 20.4 Å². The average molecular weight is 414 g/mol. The number of benzene rings is 1. The van der Waals surface area contributed by atoms with Crippen LogP contribution in [0.5, 0.6) is 0 Å². The Kier molecular flexibility index (Phi) is 9.97. The van der Waals surface area contributed by atoms with Gasteiger partial charge in [-0.3, -0.25) is 9.89 Å².